The van der Waals surface area contributed by atoms with E-state index in [9.17, 15) is 0 Å². The van der Waals surface area contributed by atoms with Gasteiger partial charge in [-0.25, -0.2) is 4.98 Å². The van der Waals surface area contributed by atoms with Gasteiger partial charge in [-0.05, 0) is 31.0 Å². The molecule has 0 bridgehead atoms. The van der Waals surface area contributed by atoms with E-state index < -0.39 is 0 Å². The van der Waals surface area contributed by atoms with Crippen LogP contribution in [0, 0.1) is 0 Å². The number of rotatable bonds is 2. The molecule has 5 heteroatoms. The molecule has 16 heavy (non-hydrogen) atoms. The van der Waals surface area contributed by atoms with E-state index in [1.165, 1.54) is 12.8 Å². The summed E-state index contributed by atoms with van der Waals surface area (Å²) < 4.78 is 0. The Bertz CT molecular complexity index is 531. The van der Waals surface area contributed by atoms with Crippen LogP contribution >= 0.6 is 11.6 Å². The van der Waals surface area contributed by atoms with E-state index >= 15 is 0 Å². The number of H-pyrrole nitrogens is 1. The highest BCUT2D eigenvalue weighted by Gasteiger charge is 2.27. The smallest absolute Gasteiger partial charge is 0.182 e. The van der Waals surface area contributed by atoms with Gasteiger partial charge in [-0.1, -0.05) is 11.6 Å². The first-order valence-corrected chi connectivity index (χ1v) is 5.59. The van der Waals surface area contributed by atoms with Gasteiger partial charge >= 0.3 is 0 Å². The lowest BCUT2D eigenvalue weighted by atomic mass is 10.2. The molecule has 0 saturated heterocycles. The first kappa shape index (κ1) is 9.66. The molecule has 1 aromatic heterocycles. The number of nitrogens with one attached hydrogen (secondary N) is 1. The Labute approximate surface area is 97.8 Å². The summed E-state index contributed by atoms with van der Waals surface area (Å²) in [6, 6.07) is 5.36. The molecule has 1 saturated carbocycles. The first-order valence-electron chi connectivity index (χ1n) is 5.22. The molecule has 0 amide bonds. The van der Waals surface area contributed by atoms with Crippen LogP contribution in [-0.4, -0.2) is 15.2 Å². The number of hydrogen-bond acceptors (Lipinski definition) is 3. The third-order valence-electron chi connectivity index (χ3n) is 2.70. The Hall–Kier alpha value is -1.55. The summed E-state index contributed by atoms with van der Waals surface area (Å²) in [6.07, 6.45) is 2.40. The number of hydrogen-bond donors (Lipinski definition) is 2. The Balaban J connectivity index is 2.00. The molecule has 3 rings (SSSR count). The average Bonchev–Trinajstić information content (AvgIpc) is 2.98. The third kappa shape index (κ3) is 1.65. The molecule has 82 valence electrons. The second kappa shape index (κ2) is 3.49. The summed E-state index contributed by atoms with van der Waals surface area (Å²) in [5.41, 5.74) is 7.10. The number of aromatic amines is 1. The van der Waals surface area contributed by atoms with Crippen LogP contribution in [0.4, 0.5) is 5.69 Å². The summed E-state index contributed by atoms with van der Waals surface area (Å²) in [5.74, 6) is 2.17. The quantitative estimate of drug-likeness (QED) is 0.785. The van der Waals surface area contributed by atoms with Crippen molar-refractivity contribution in [3.63, 3.8) is 0 Å². The van der Waals surface area contributed by atoms with Crippen molar-refractivity contribution in [2.24, 2.45) is 0 Å². The molecule has 2 aromatic rings. The Kier molecular flexibility index (Phi) is 2.11. The number of nitrogens with two attached hydrogens (primary N) is 1. The predicted molar refractivity (Wildman–Crippen MR) is 63.2 cm³/mol. The van der Waals surface area contributed by atoms with Crippen LogP contribution in [-0.2, 0) is 0 Å². The van der Waals surface area contributed by atoms with Crippen LogP contribution < -0.4 is 5.73 Å². The summed E-state index contributed by atoms with van der Waals surface area (Å²) in [6.45, 7) is 0. The van der Waals surface area contributed by atoms with E-state index in [-0.39, 0.29) is 0 Å². The molecule has 3 N–H and O–H groups in total. The van der Waals surface area contributed by atoms with Crippen molar-refractivity contribution in [3.8, 4) is 11.4 Å². The van der Waals surface area contributed by atoms with Crippen molar-refractivity contribution in [2.45, 2.75) is 18.8 Å². The van der Waals surface area contributed by atoms with E-state index in [1.54, 1.807) is 12.1 Å². The molecule has 0 spiro atoms. The minimum atomic E-state index is 0.564. The largest absolute Gasteiger partial charge is 0.399 e. The zero-order valence-electron chi connectivity index (χ0n) is 8.57. The zero-order chi connectivity index (χ0) is 11.1. The second-order valence-electron chi connectivity index (χ2n) is 4.06. The highest BCUT2D eigenvalue weighted by molar-refractivity contribution is 6.33. The maximum Gasteiger partial charge on any atom is 0.182 e. The summed E-state index contributed by atoms with van der Waals surface area (Å²) in [5, 5.41) is 7.72. The number of halogens is 1. The van der Waals surface area contributed by atoms with Crippen molar-refractivity contribution in [1.29, 1.82) is 0 Å². The molecule has 0 radical (unpaired) electrons. The molecule has 4 nitrogen and oxygen atoms in total. The van der Waals surface area contributed by atoms with Gasteiger partial charge in [0.25, 0.3) is 0 Å². The highest BCUT2D eigenvalue weighted by Crippen LogP contribution is 2.38. The van der Waals surface area contributed by atoms with Gasteiger partial charge in [-0.15, -0.1) is 0 Å². The standard InChI is InChI=1S/C11H11ClN4/c12-9-5-7(13)3-4-8(9)11-14-10(15-16-11)6-1-2-6/h3-6H,1-2,13H2,(H,14,15,16). The van der Waals surface area contributed by atoms with Gasteiger partial charge in [0.2, 0.25) is 0 Å². The van der Waals surface area contributed by atoms with E-state index in [0.717, 1.165) is 11.4 Å². The maximum atomic E-state index is 6.09. The van der Waals surface area contributed by atoms with Gasteiger partial charge in [0.1, 0.15) is 5.82 Å². The average molecular weight is 235 g/mol. The van der Waals surface area contributed by atoms with Crippen LogP contribution in [0.5, 0.6) is 0 Å². The fourth-order valence-corrected chi connectivity index (χ4v) is 1.92. The van der Waals surface area contributed by atoms with Crippen molar-refractivity contribution in [2.75, 3.05) is 5.73 Å². The lowest BCUT2D eigenvalue weighted by Crippen LogP contribution is -1.87. The monoisotopic (exact) mass is 234 g/mol. The molecule has 1 aliphatic carbocycles. The number of nitrogen functional groups attached to an aromatic ring is 1. The van der Waals surface area contributed by atoms with Crippen molar-refractivity contribution in [3.05, 3.63) is 29.0 Å². The topological polar surface area (TPSA) is 67.6 Å². The van der Waals surface area contributed by atoms with Gasteiger partial charge < -0.3 is 5.73 Å². The molecular formula is C11H11ClN4. The molecule has 0 atom stereocenters. The normalized spacial score (nSPS) is 15.3. The van der Waals surface area contributed by atoms with E-state index in [2.05, 4.69) is 15.2 Å². The number of nitrogens with zero attached hydrogens (tertiary/aromatic N) is 2. The number of benzene rings is 1. The van der Waals surface area contributed by atoms with Crippen LogP contribution in [0.15, 0.2) is 18.2 Å². The molecular weight excluding hydrogens is 224 g/mol. The lowest BCUT2D eigenvalue weighted by Gasteiger charge is -2.00. The van der Waals surface area contributed by atoms with Crippen molar-refractivity contribution < 1.29 is 0 Å². The molecule has 1 heterocycles. The molecule has 1 aliphatic rings. The first-order chi connectivity index (χ1) is 7.74. The highest BCUT2D eigenvalue weighted by atomic mass is 35.5. The predicted octanol–water partition coefficient (Wildman–Crippen LogP) is 2.58. The fraction of sp³-hybridized carbons (Fsp3) is 0.273. The van der Waals surface area contributed by atoms with Gasteiger partial charge in [0.05, 0.1) is 5.02 Å². The minimum absolute atomic E-state index is 0.564. The van der Waals surface area contributed by atoms with E-state index in [1.807, 2.05) is 6.07 Å². The SMILES string of the molecule is Nc1ccc(-c2n[nH]c(C3CC3)n2)c(Cl)c1. The Morgan fingerprint density at radius 1 is 1.38 bits per heavy atom. The number of aromatic nitrogens is 3. The van der Waals surface area contributed by atoms with Gasteiger partial charge in [-0.2, -0.15) is 5.10 Å². The molecule has 0 aliphatic heterocycles. The van der Waals surface area contributed by atoms with Crippen LogP contribution in [0.25, 0.3) is 11.4 Å². The Morgan fingerprint density at radius 3 is 2.88 bits per heavy atom. The maximum absolute atomic E-state index is 6.09. The third-order valence-corrected chi connectivity index (χ3v) is 3.01. The Morgan fingerprint density at radius 2 is 2.19 bits per heavy atom. The van der Waals surface area contributed by atoms with Gasteiger partial charge in [-0.3, -0.25) is 5.10 Å². The molecule has 0 unspecified atom stereocenters. The van der Waals surface area contributed by atoms with Crippen LogP contribution in [0.1, 0.15) is 24.6 Å². The zero-order valence-corrected chi connectivity index (χ0v) is 9.33. The fourth-order valence-electron chi connectivity index (χ4n) is 1.65. The molecule has 1 fully saturated rings. The van der Waals surface area contributed by atoms with E-state index in [0.29, 0.717) is 22.5 Å². The minimum Gasteiger partial charge on any atom is -0.399 e. The lowest BCUT2D eigenvalue weighted by molar-refractivity contribution is 0.935. The second-order valence-corrected chi connectivity index (χ2v) is 4.47. The van der Waals surface area contributed by atoms with Crippen molar-refractivity contribution in [1.82, 2.24) is 15.2 Å². The van der Waals surface area contributed by atoms with Crippen LogP contribution in [0.2, 0.25) is 5.02 Å². The van der Waals surface area contributed by atoms with E-state index in [4.69, 9.17) is 17.3 Å². The summed E-state index contributed by atoms with van der Waals surface area (Å²) in [7, 11) is 0. The summed E-state index contributed by atoms with van der Waals surface area (Å²) in [4.78, 5) is 4.44. The van der Waals surface area contributed by atoms with Crippen molar-refractivity contribution >= 4 is 17.3 Å². The van der Waals surface area contributed by atoms with Gasteiger partial charge in [0.15, 0.2) is 5.82 Å². The molecule has 1 aromatic carbocycles. The number of anilines is 1. The van der Waals surface area contributed by atoms with Crippen LogP contribution in [0.3, 0.4) is 0 Å². The summed E-state index contributed by atoms with van der Waals surface area (Å²) >= 11 is 6.09. The van der Waals surface area contributed by atoms with Gasteiger partial charge in [0, 0.05) is 17.2 Å².